The third-order valence-corrected chi connectivity index (χ3v) is 4.87. The number of fused-ring (bicyclic) bond motifs is 2. The topological polar surface area (TPSA) is 0 Å². The van der Waals surface area contributed by atoms with E-state index in [0.29, 0.717) is 0 Å². The van der Waals surface area contributed by atoms with Crippen LogP contribution in [0.3, 0.4) is 0 Å². The van der Waals surface area contributed by atoms with Crippen LogP contribution in [0.1, 0.15) is 0 Å². The predicted molar refractivity (Wildman–Crippen MR) is 98.9 cm³/mol. The van der Waals surface area contributed by atoms with Crippen molar-refractivity contribution in [2.45, 2.75) is 6.82 Å². The van der Waals surface area contributed by atoms with Crippen molar-refractivity contribution in [3.05, 3.63) is 66.7 Å². The molecule has 0 aliphatic carbocycles. The summed E-state index contributed by atoms with van der Waals surface area (Å²) < 4.78 is 0. The molecule has 0 aliphatic rings. The van der Waals surface area contributed by atoms with Crippen molar-refractivity contribution in [3.63, 3.8) is 0 Å². The minimum absolute atomic E-state index is 0. The smallest absolute Gasteiger partial charge is 0.0872 e. The summed E-state index contributed by atoms with van der Waals surface area (Å²) in [4.78, 5) is 0. The third kappa shape index (κ3) is 2.00. The third-order valence-electron chi connectivity index (χ3n) is 4.87. The Kier molecular flexibility index (Phi) is 3.67. The molecular formula is C21H14BY. The van der Waals surface area contributed by atoms with Crippen molar-refractivity contribution in [1.29, 1.82) is 0 Å². The Morgan fingerprint density at radius 1 is 0.565 bits per heavy atom. The van der Waals surface area contributed by atoms with Gasteiger partial charge in [-0.3, -0.25) is 0 Å². The molecule has 23 heavy (non-hydrogen) atoms. The molecular weight excluding hydrogens is 352 g/mol. The summed E-state index contributed by atoms with van der Waals surface area (Å²) in [6, 6.07) is 24.5. The molecule has 0 saturated heterocycles. The van der Waals surface area contributed by atoms with Crippen LogP contribution in [0.4, 0.5) is 0 Å². The molecule has 0 atom stereocenters. The van der Waals surface area contributed by atoms with E-state index >= 15 is 0 Å². The van der Waals surface area contributed by atoms with Crippen LogP contribution in [-0.2, 0) is 32.7 Å². The Bertz CT molecular complexity index is 1110. The zero-order valence-electron chi connectivity index (χ0n) is 13.0. The van der Waals surface area contributed by atoms with Gasteiger partial charge in [-0.1, -0.05) is 79.0 Å². The molecule has 5 rings (SSSR count). The van der Waals surface area contributed by atoms with Crippen molar-refractivity contribution >= 4 is 55.8 Å². The fourth-order valence-electron chi connectivity index (χ4n) is 3.92. The van der Waals surface area contributed by atoms with E-state index in [2.05, 4.69) is 80.8 Å². The van der Waals surface area contributed by atoms with Gasteiger partial charge in [0.2, 0.25) is 0 Å². The van der Waals surface area contributed by atoms with Crippen LogP contribution in [0, 0.1) is 0 Å². The minimum Gasteiger partial charge on any atom is -0.0872 e. The van der Waals surface area contributed by atoms with Crippen LogP contribution >= 0.6 is 0 Å². The van der Waals surface area contributed by atoms with Crippen LogP contribution in [0.2, 0.25) is 6.82 Å². The van der Waals surface area contributed by atoms with Crippen LogP contribution < -0.4 is 5.46 Å². The number of hydrogen-bond acceptors (Lipinski definition) is 0. The van der Waals surface area contributed by atoms with E-state index < -0.39 is 0 Å². The van der Waals surface area contributed by atoms with Gasteiger partial charge in [0.25, 0.3) is 0 Å². The summed E-state index contributed by atoms with van der Waals surface area (Å²) in [6.07, 6.45) is 0. The first-order valence-corrected chi connectivity index (χ1v) is 7.76. The molecule has 0 aliphatic heterocycles. The molecule has 0 saturated carbocycles. The SMILES string of the molecule is C[B]c1ccc2c3cccc4cccc(c5cccc1c52)c43.[Y]. The summed E-state index contributed by atoms with van der Waals surface area (Å²) in [5, 5.41) is 10.9. The van der Waals surface area contributed by atoms with Crippen molar-refractivity contribution in [2.24, 2.45) is 0 Å². The second-order valence-electron chi connectivity index (χ2n) is 5.93. The zero-order valence-corrected chi connectivity index (χ0v) is 15.8. The van der Waals surface area contributed by atoms with Crippen LogP contribution in [0.5, 0.6) is 0 Å². The van der Waals surface area contributed by atoms with Crippen molar-refractivity contribution < 1.29 is 32.7 Å². The first-order chi connectivity index (χ1) is 10.9. The molecule has 5 aromatic carbocycles. The van der Waals surface area contributed by atoms with Gasteiger partial charge in [-0.2, -0.15) is 0 Å². The molecule has 0 unspecified atom stereocenters. The Hall–Kier alpha value is -1.43. The molecule has 0 spiro atoms. The van der Waals surface area contributed by atoms with E-state index in [4.69, 9.17) is 0 Å². The first-order valence-electron chi connectivity index (χ1n) is 7.76. The van der Waals surface area contributed by atoms with Crippen molar-refractivity contribution in [2.75, 3.05) is 0 Å². The van der Waals surface area contributed by atoms with Crippen LogP contribution in [0.25, 0.3) is 43.1 Å². The van der Waals surface area contributed by atoms with E-state index in [9.17, 15) is 0 Å². The zero-order chi connectivity index (χ0) is 14.7. The minimum atomic E-state index is 0. The maximum absolute atomic E-state index is 2.28. The van der Waals surface area contributed by atoms with Gasteiger partial charge in [-0.25, -0.2) is 0 Å². The second-order valence-corrected chi connectivity index (χ2v) is 5.93. The first kappa shape index (κ1) is 15.1. The monoisotopic (exact) mass is 366 g/mol. The van der Waals surface area contributed by atoms with Gasteiger partial charge in [0.15, 0.2) is 0 Å². The van der Waals surface area contributed by atoms with Gasteiger partial charge in [0.05, 0.1) is 0 Å². The van der Waals surface area contributed by atoms with Gasteiger partial charge in [0, 0.05) is 32.7 Å². The normalized spacial score (nSPS) is 11.3. The average molecular weight is 366 g/mol. The molecule has 0 N–H and O–H groups in total. The predicted octanol–water partition coefficient (Wildman–Crippen LogP) is 5.11. The maximum Gasteiger partial charge on any atom is 0.149 e. The number of benzene rings is 5. The van der Waals surface area contributed by atoms with E-state index in [1.54, 1.807) is 0 Å². The molecule has 0 fully saturated rings. The van der Waals surface area contributed by atoms with E-state index in [1.807, 2.05) is 0 Å². The van der Waals surface area contributed by atoms with Gasteiger partial charge in [-0.05, 0) is 43.1 Å². The van der Waals surface area contributed by atoms with Crippen LogP contribution in [0.15, 0.2) is 66.7 Å². The Labute approximate surface area is 161 Å². The van der Waals surface area contributed by atoms with E-state index in [-0.39, 0.29) is 32.7 Å². The van der Waals surface area contributed by atoms with E-state index in [0.717, 1.165) is 0 Å². The van der Waals surface area contributed by atoms with Gasteiger partial charge >= 0.3 is 0 Å². The number of rotatable bonds is 1. The summed E-state index contributed by atoms with van der Waals surface area (Å²) >= 11 is 0. The molecule has 104 valence electrons. The van der Waals surface area contributed by atoms with Gasteiger partial charge in [0.1, 0.15) is 7.28 Å². The maximum atomic E-state index is 2.28. The second kappa shape index (κ2) is 5.58. The fraction of sp³-hybridized carbons (Fsp3) is 0.0476. The molecule has 0 heterocycles. The standard InChI is InChI=1S/C21H14B.Y/c1-22-19-12-11-17-15-8-3-6-13-5-2-7-14(20(13)15)16-9-4-10-18(19)21(16)17;/h2-12H,1H3;. The average Bonchev–Trinajstić information content (AvgIpc) is 2.59. The summed E-state index contributed by atoms with van der Waals surface area (Å²) in [7, 11) is 2.20. The molecule has 0 nitrogen and oxygen atoms in total. The van der Waals surface area contributed by atoms with E-state index in [1.165, 1.54) is 48.6 Å². The van der Waals surface area contributed by atoms with Crippen molar-refractivity contribution in [3.8, 4) is 0 Å². The Balaban J connectivity index is 0.00000135. The van der Waals surface area contributed by atoms with Crippen molar-refractivity contribution in [1.82, 2.24) is 0 Å². The Morgan fingerprint density at radius 3 is 1.74 bits per heavy atom. The van der Waals surface area contributed by atoms with Gasteiger partial charge in [-0.15, -0.1) is 0 Å². The Morgan fingerprint density at radius 2 is 1.09 bits per heavy atom. The molecule has 2 radical (unpaired) electrons. The molecule has 0 amide bonds. The molecule has 2 heteroatoms. The van der Waals surface area contributed by atoms with Gasteiger partial charge < -0.3 is 0 Å². The molecule has 5 aromatic rings. The largest absolute Gasteiger partial charge is 0.149 e. The van der Waals surface area contributed by atoms with Crippen LogP contribution in [-0.4, -0.2) is 7.28 Å². The summed E-state index contributed by atoms with van der Waals surface area (Å²) in [6.45, 7) is 2.11. The number of hydrogen-bond donors (Lipinski definition) is 0. The fourth-order valence-corrected chi connectivity index (χ4v) is 3.92. The molecule has 0 bridgehead atoms. The molecule has 0 aromatic heterocycles. The summed E-state index contributed by atoms with van der Waals surface area (Å²) in [5.41, 5.74) is 1.31. The summed E-state index contributed by atoms with van der Waals surface area (Å²) in [5.74, 6) is 0. The quantitative estimate of drug-likeness (QED) is 0.220.